The minimum Gasteiger partial charge on any atom is -0.479 e. The Hall–Kier alpha value is -3.44. The fraction of sp³-hybridized carbons (Fsp3) is 0.208. The molecule has 9 nitrogen and oxygen atoms in total. The van der Waals surface area contributed by atoms with E-state index in [0.29, 0.717) is 27.1 Å². The van der Waals surface area contributed by atoms with Crippen LogP contribution >= 0.6 is 29.4 Å². The summed E-state index contributed by atoms with van der Waals surface area (Å²) in [5.41, 5.74) is 2.62. The van der Waals surface area contributed by atoms with E-state index < -0.39 is 5.97 Å². The van der Waals surface area contributed by atoms with Crippen molar-refractivity contribution < 1.29 is 14.3 Å². The zero-order valence-electron chi connectivity index (χ0n) is 19.3. The van der Waals surface area contributed by atoms with Crippen molar-refractivity contribution in [3.05, 3.63) is 70.6 Å². The van der Waals surface area contributed by atoms with E-state index in [9.17, 15) is 4.79 Å². The van der Waals surface area contributed by atoms with Gasteiger partial charge in [-0.15, -0.1) is 0 Å². The van der Waals surface area contributed by atoms with Gasteiger partial charge in [0.05, 0.1) is 31.5 Å². The van der Waals surface area contributed by atoms with Crippen molar-refractivity contribution in [3.63, 3.8) is 0 Å². The van der Waals surface area contributed by atoms with Gasteiger partial charge in [0.15, 0.2) is 10.1 Å². The van der Waals surface area contributed by atoms with Gasteiger partial charge in [0, 0.05) is 6.20 Å². The Balaban J connectivity index is 0.00000289. The lowest BCUT2D eigenvalue weighted by Gasteiger charge is -2.16. The fourth-order valence-corrected chi connectivity index (χ4v) is 4.30. The molecular weight excluding hydrogens is 532 g/mol. The summed E-state index contributed by atoms with van der Waals surface area (Å²) in [5, 5.41) is 11.2. The molecule has 0 saturated carbocycles. The average Bonchev–Trinajstić information content (AvgIpc) is 3.48. The molecule has 5 rings (SSSR count). The first kappa shape index (κ1) is 24.7. The highest BCUT2D eigenvalue weighted by atomic mass is 79.9. The van der Waals surface area contributed by atoms with Crippen molar-refractivity contribution in [2.45, 2.75) is 19.9 Å². The molecule has 2 aromatic carbocycles. The second-order valence-electron chi connectivity index (χ2n) is 7.64. The molecule has 0 bridgehead atoms. The lowest BCUT2D eigenvalue weighted by molar-refractivity contribution is 0.0526. The van der Waals surface area contributed by atoms with Gasteiger partial charge in [0.2, 0.25) is 5.88 Å². The van der Waals surface area contributed by atoms with Gasteiger partial charge in [-0.1, -0.05) is 36.4 Å². The largest absolute Gasteiger partial charge is 0.479 e. The number of ether oxygens (including phenoxy) is 2. The molecule has 35 heavy (non-hydrogen) atoms. The van der Waals surface area contributed by atoms with Gasteiger partial charge in [-0.05, 0) is 52.2 Å². The number of rotatable bonds is 6. The van der Waals surface area contributed by atoms with Crippen LogP contribution in [0.3, 0.4) is 0 Å². The number of carbonyl (C=O) groups excluding carboxylic acids is 1. The first-order chi connectivity index (χ1) is 16.5. The maximum atomic E-state index is 12.0. The molecule has 0 N–H and O–H groups in total. The monoisotopic (exact) mass is 554 g/mol. The van der Waals surface area contributed by atoms with Crippen LogP contribution in [0.2, 0.25) is 0 Å². The maximum Gasteiger partial charge on any atom is 0.341 e. The molecule has 11 heteroatoms. The van der Waals surface area contributed by atoms with Gasteiger partial charge in [-0.3, -0.25) is 0 Å². The molecule has 0 radical (unpaired) electrons. The Morgan fingerprint density at radius 1 is 1.14 bits per heavy atom. The number of fused-ring (bicyclic) bond motifs is 2. The van der Waals surface area contributed by atoms with Crippen LogP contribution in [0.5, 0.6) is 5.88 Å². The van der Waals surface area contributed by atoms with Crippen LogP contribution in [0, 0.1) is 0 Å². The van der Waals surface area contributed by atoms with E-state index >= 15 is 0 Å². The van der Waals surface area contributed by atoms with Crippen LogP contribution in [0.25, 0.3) is 27.8 Å². The summed E-state index contributed by atoms with van der Waals surface area (Å²) in [6.07, 6.45) is 2.94. The number of hydrogen-bond acceptors (Lipinski definition) is 7. The lowest BCUT2D eigenvalue weighted by atomic mass is 10.0. The molecule has 0 spiro atoms. The molecule has 1 atom stereocenters. The molecule has 0 unspecified atom stereocenters. The number of methoxy groups -OCH3 is 1. The number of hydrogen-bond donors (Lipinski definition) is 0. The summed E-state index contributed by atoms with van der Waals surface area (Å²) < 4.78 is 14.5. The van der Waals surface area contributed by atoms with Crippen molar-refractivity contribution in [2.24, 2.45) is 0 Å². The van der Waals surface area contributed by atoms with E-state index in [1.807, 2.05) is 16.8 Å². The topological polar surface area (TPSA) is 96.9 Å². The summed E-state index contributed by atoms with van der Waals surface area (Å²) in [6.45, 7) is 4.09. The molecule has 0 aliphatic heterocycles. The predicted molar refractivity (Wildman–Crippen MR) is 141 cm³/mol. The Kier molecular flexibility index (Phi) is 7.08. The molecule has 0 fully saturated rings. The van der Waals surface area contributed by atoms with Crippen LogP contribution < -0.4 is 4.74 Å². The SMILES string of the molecule is CCOC(=O)c1cnn(-c2nc(OC)c3c(n2)c(Br)nn3[C@@H](C)c2ccc3ccccc3c2)c1.S. The maximum absolute atomic E-state index is 12.0. The smallest absolute Gasteiger partial charge is 0.341 e. The molecule has 180 valence electrons. The lowest BCUT2D eigenvalue weighted by Crippen LogP contribution is -2.11. The highest BCUT2D eigenvalue weighted by molar-refractivity contribution is 9.10. The van der Waals surface area contributed by atoms with Gasteiger partial charge >= 0.3 is 5.97 Å². The Morgan fingerprint density at radius 2 is 1.91 bits per heavy atom. The predicted octanol–water partition coefficient (Wildman–Crippen LogP) is 4.84. The zero-order chi connectivity index (χ0) is 23.8. The number of aromatic nitrogens is 6. The van der Waals surface area contributed by atoms with Crippen molar-refractivity contribution in [2.75, 3.05) is 13.7 Å². The van der Waals surface area contributed by atoms with Gasteiger partial charge in [-0.2, -0.15) is 28.7 Å². The number of carbonyl (C=O) groups is 1. The van der Waals surface area contributed by atoms with Crippen LogP contribution in [0.15, 0.2) is 59.5 Å². The number of halogens is 1. The minimum absolute atomic E-state index is 0. The Labute approximate surface area is 216 Å². The summed E-state index contributed by atoms with van der Waals surface area (Å²) in [5.74, 6) is 0.137. The van der Waals surface area contributed by atoms with Gasteiger partial charge in [0.25, 0.3) is 5.95 Å². The third-order valence-electron chi connectivity index (χ3n) is 5.58. The molecule has 0 aliphatic rings. The number of benzene rings is 2. The van der Waals surface area contributed by atoms with Gasteiger partial charge in [-0.25, -0.2) is 19.1 Å². The van der Waals surface area contributed by atoms with E-state index in [2.05, 4.69) is 68.3 Å². The first-order valence-electron chi connectivity index (χ1n) is 10.7. The average molecular weight is 555 g/mol. The molecule has 0 saturated heterocycles. The molecular formula is C24H23BrN6O3S. The summed E-state index contributed by atoms with van der Waals surface area (Å²) in [7, 11) is 1.55. The van der Waals surface area contributed by atoms with E-state index in [0.717, 1.165) is 10.9 Å². The molecule has 3 aromatic heterocycles. The van der Waals surface area contributed by atoms with Gasteiger partial charge in [0.1, 0.15) is 5.52 Å². The standard InChI is InChI=1S/C24H21BrN6O3.H2S/c1-4-34-23(32)18-12-26-30(13-18)24-27-19-20(22(28-24)33-3)31(29-21(19)25)14(2)16-10-9-15-7-5-6-8-17(15)11-16;/h5-14H,4H2,1-3H3;1H2/t14-;/m0./s1. The Bertz CT molecular complexity index is 1530. The van der Waals surface area contributed by atoms with Crippen molar-refractivity contribution in [1.29, 1.82) is 0 Å². The van der Waals surface area contributed by atoms with E-state index in [1.165, 1.54) is 22.5 Å². The van der Waals surface area contributed by atoms with Crippen LogP contribution in [-0.2, 0) is 4.74 Å². The summed E-state index contributed by atoms with van der Waals surface area (Å²) in [6, 6.07) is 14.5. The number of esters is 1. The third kappa shape index (κ3) is 4.48. The van der Waals surface area contributed by atoms with Crippen molar-refractivity contribution >= 4 is 57.2 Å². The molecule has 0 amide bonds. The quantitative estimate of drug-likeness (QED) is 0.277. The van der Waals surface area contributed by atoms with Crippen LogP contribution in [-0.4, -0.2) is 49.2 Å². The van der Waals surface area contributed by atoms with Crippen molar-refractivity contribution in [1.82, 2.24) is 29.5 Å². The summed E-state index contributed by atoms with van der Waals surface area (Å²) >= 11 is 3.54. The highest BCUT2D eigenvalue weighted by Gasteiger charge is 2.23. The summed E-state index contributed by atoms with van der Waals surface area (Å²) in [4.78, 5) is 21.2. The zero-order valence-corrected chi connectivity index (χ0v) is 21.9. The highest BCUT2D eigenvalue weighted by Crippen LogP contribution is 2.33. The molecule has 5 aromatic rings. The minimum atomic E-state index is -0.458. The van der Waals surface area contributed by atoms with Crippen molar-refractivity contribution in [3.8, 4) is 11.8 Å². The Morgan fingerprint density at radius 3 is 2.66 bits per heavy atom. The second-order valence-corrected chi connectivity index (χ2v) is 8.39. The number of nitrogens with zero attached hydrogens (tertiary/aromatic N) is 6. The van der Waals surface area contributed by atoms with E-state index in [-0.39, 0.29) is 32.1 Å². The van der Waals surface area contributed by atoms with E-state index in [1.54, 1.807) is 14.0 Å². The normalized spacial score (nSPS) is 11.9. The first-order valence-corrected chi connectivity index (χ1v) is 11.5. The molecule has 0 aliphatic carbocycles. The van der Waals surface area contributed by atoms with E-state index in [4.69, 9.17) is 14.6 Å². The van der Waals surface area contributed by atoms with Gasteiger partial charge < -0.3 is 9.47 Å². The second kappa shape index (κ2) is 10.0. The molecule has 3 heterocycles. The third-order valence-corrected chi connectivity index (χ3v) is 6.11. The van der Waals surface area contributed by atoms with Crippen LogP contribution in [0.1, 0.15) is 35.8 Å². The fourth-order valence-electron chi connectivity index (χ4n) is 3.85. The van der Waals surface area contributed by atoms with Crippen LogP contribution in [0.4, 0.5) is 0 Å².